The van der Waals surface area contributed by atoms with Crippen LogP contribution >= 0.6 is 11.6 Å². The highest BCUT2D eigenvalue weighted by molar-refractivity contribution is 7.88. The summed E-state index contributed by atoms with van der Waals surface area (Å²) in [6.07, 6.45) is -2.16. The van der Waals surface area contributed by atoms with Crippen molar-refractivity contribution in [3.05, 3.63) is 64.6 Å². The molecule has 0 spiro atoms. The monoisotopic (exact) mass is 599 g/mol. The first-order valence-electron chi connectivity index (χ1n) is 11.8. The van der Waals surface area contributed by atoms with Crippen LogP contribution in [0.4, 0.5) is 29.3 Å². The Kier molecular flexibility index (Phi) is 7.00. The molecule has 10 nitrogen and oxygen atoms in total. The van der Waals surface area contributed by atoms with Gasteiger partial charge in [-0.2, -0.15) is 17.5 Å². The summed E-state index contributed by atoms with van der Waals surface area (Å²) in [5.41, 5.74) is 4.77. The summed E-state index contributed by atoms with van der Waals surface area (Å²) in [6.45, 7) is 0.591. The van der Waals surface area contributed by atoms with E-state index in [-0.39, 0.29) is 48.5 Å². The number of phenolic OH excluding ortho intramolecular Hbond substituents is 1. The number of aromatic hydroxyl groups is 1. The fourth-order valence-corrected chi connectivity index (χ4v) is 5.76. The molecule has 3 N–H and O–H groups in total. The molecular weight excluding hydrogens is 578 g/mol. The van der Waals surface area contributed by atoms with E-state index in [1.807, 2.05) is 35.2 Å². The molecule has 5 rings (SSSR count). The van der Waals surface area contributed by atoms with Crippen LogP contribution in [0.15, 0.2) is 42.6 Å². The topological polar surface area (TPSA) is 130 Å². The van der Waals surface area contributed by atoms with Crippen molar-refractivity contribution in [3.8, 4) is 11.4 Å². The van der Waals surface area contributed by atoms with Crippen LogP contribution < -0.4 is 10.6 Å². The van der Waals surface area contributed by atoms with Crippen LogP contribution in [-0.4, -0.2) is 69.5 Å². The highest BCUT2D eigenvalue weighted by Crippen LogP contribution is 2.43. The Labute approximate surface area is 230 Å². The lowest BCUT2D eigenvalue weighted by Gasteiger charge is -2.40. The summed E-state index contributed by atoms with van der Waals surface area (Å²) in [5.74, 6) is -2.87. The summed E-state index contributed by atoms with van der Waals surface area (Å²) >= 11 is 5.55. The zero-order valence-corrected chi connectivity index (χ0v) is 22.3. The minimum Gasteiger partial charge on any atom is -0.504 e. The zero-order valence-electron chi connectivity index (χ0n) is 20.8. The highest BCUT2D eigenvalue weighted by atomic mass is 35.5. The van der Waals surface area contributed by atoms with Gasteiger partial charge in [0.15, 0.2) is 17.4 Å². The average Bonchev–Trinajstić information content (AvgIpc) is 3.22. The third-order valence-electron chi connectivity index (χ3n) is 6.61. The Hall–Kier alpha value is -3.69. The molecular formula is C24H22ClF4N7O3S. The van der Waals surface area contributed by atoms with Gasteiger partial charge >= 0.3 is 6.18 Å². The fraction of sp³-hybridized carbons (Fsp3) is 0.292. The normalized spacial score (nSPS) is 17.1. The minimum absolute atomic E-state index is 0.0237. The number of rotatable bonds is 5. The number of alkyl halides is 3. The van der Waals surface area contributed by atoms with Crippen molar-refractivity contribution >= 4 is 44.4 Å². The van der Waals surface area contributed by atoms with Crippen molar-refractivity contribution in [2.45, 2.75) is 18.6 Å². The molecule has 40 heavy (non-hydrogen) atoms. The van der Waals surface area contributed by atoms with E-state index in [4.69, 9.17) is 17.3 Å². The van der Waals surface area contributed by atoms with Gasteiger partial charge in [-0.1, -0.05) is 41.9 Å². The number of anilines is 2. The standard InChI is InChI=1S/C24H22ClF4N7O3S/c1-40(38,39)34-7-8-35(14(12-34)9-13-5-3-2-4-6-13)23-31-11-17-20(32-23)22(30)33-36(17)16-10-15(24(27,28)29)18(25)21(37)19(16)26/h2-6,10-11,14,37H,7-9,12H2,1H3,(H2,30,33)/t14-/m1/s1. The van der Waals surface area contributed by atoms with Gasteiger partial charge in [-0.25, -0.2) is 27.5 Å². The second kappa shape index (κ2) is 10.1. The lowest BCUT2D eigenvalue weighted by molar-refractivity contribution is -0.137. The predicted molar refractivity (Wildman–Crippen MR) is 140 cm³/mol. The number of nitrogens with two attached hydrogens (primary N) is 1. The van der Waals surface area contributed by atoms with Gasteiger partial charge in [0.2, 0.25) is 16.0 Å². The van der Waals surface area contributed by atoms with E-state index in [9.17, 15) is 31.1 Å². The van der Waals surface area contributed by atoms with Crippen LogP contribution in [-0.2, 0) is 22.6 Å². The van der Waals surface area contributed by atoms with E-state index in [0.717, 1.165) is 16.5 Å². The Morgan fingerprint density at radius 2 is 1.90 bits per heavy atom. The van der Waals surface area contributed by atoms with Crippen molar-refractivity contribution in [1.82, 2.24) is 24.1 Å². The van der Waals surface area contributed by atoms with Crippen LogP contribution in [0.5, 0.6) is 5.75 Å². The average molecular weight is 600 g/mol. The number of sulfonamides is 1. The Bertz CT molecular complexity index is 1700. The SMILES string of the molecule is CS(=O)(=O)N1CCN(c2ncc3c(n2)c(N)nn3-c2cc(C(F)(F)F)c(Cl)c(O)c2F)[C@H](Cc2ccccc2)C1. The molecule has 1 aliphatic heterocycles. The van der Waals surface area contributed by atoms with Gasteiger partial charge < -0.3 is 15.7 Å². The summed E-state index contributed by atoms with van der Waals surface area (Å²) in [6, 6.07) is 9.48. The number of nitrogen functional groups attached to an aromatic ring is 1. The maximum Gasteiger partial charge on any atom is 0.418 e. The molecule has 0 aliphatic carbocycles. The van der Waals surface area contributed by atoms with E-state index >= 15 is 0 Å². The lowest BCUT2D eigenvalue weighted by atomic mass is 10.0. The number of aromatic nitrogens is 4. The first-order chi connectivity index (χ1) is 18.8. The van der Waals surface area contributed by atoms with Crippen molar-refractivity contribution < 1.29 is 31.1 Å². The van der Waals surface area contributed by atoms with Crippen molar-refractivity contribution in [2.75, 3.05) is 36.5 Å². The van der Waals surface area contributed by atoms with Gasteiger partial charge in [0, 0.05) is 25.7 Å². The first kappa shape index (κ1) is 27.9. The highest BCUT2D eigenvalue weighted by Gasteiger charge is 2.37. The number of phenols is 1. The van der Waals surface area contributed by atoms with Crippen molar-refractivity contribution in [1.29, 1.82) is 0 Å². The number of fused-ring (bicyclic) bond motifs is 1. The lowest BCUT2D eigenvalue weighted by Crippen LogP contribution is -2.56. The number of hydrogen-bond acceptors (Lipinski definition) is 8. The Balaban J connectivity index is 1.57. The Morgan fingerprint density at radius 1 is 1.20 bits per heavy atom. The van der Waals surface area contributed by atoms with Gasteiger partial charge in [-0.3, -0.25) is 0 Å². The minimum atomic E-state index is -4.99. The number of nitrogens with zero attached hydrogens (tertiary/aromatic N) is 6. The summed E-state index contributed by atoms with van der Waals surface area (Å²) in [4.78, 5) is 10.6. The molecule has 0 unspecified atom stereocenters. The maximum absolute atomic E-state index is 14.9. The van der Waals surface area contributed by atoms with Gasteiger partial charge in [0.05, 0.1) is 23.0 Å². The zero-order chi connectivity index (χ0) is 29.0. The smallest absolute Gasteiger partial charge is 0.418 e. The molecule has 1 fully saturated rings. The molecule has 4 aromatic rings. The molecule has 0 radical (unpaired) electrons. The quantitative estimate of drug-likeness (QED) is 0.333. The van der Waals surface area contributed by atoms with E-state index in [0.29, 0.717) is 12.5 Å². The number of benzene rings is 2. The molecule has 0 saturated carbocycles. The molecule has 212 valence electrons. The second-order valence-corrected chi connectivity index (χ2v) is 11.6. The summed E-state index contributed by atoms with van der Waals surface area (Å²) < 4.78 is 82.0. The summed E-state index contributed by atoms with van der Waals surface area (Å²) in [7, 11) is -3.46. The number of hydrogen-bond donors (Lipinski definition) is 2. The number of halogens is 5. The van der Waals surface area contributed by atoms with Crippen LogP contribution in [0.1, 0.15) is 11.1 Å². The predicted octanol–water partition coefficient (Wildman–Crippen LogP) is 3.61. The molecule has 1 atom stereocenters. The van der Waals surface area contributed by atoms with Crippen LogP contribution in [0.3, 0.4) is 0 Å². The van der Waals surface area contributed by atoms with E-state index in [1.54, 1.807) is 0 Å². The third kappa shape index (κ3) is 5.11. The van der Waals surface area contributed by atoms with Gasteiger partial charge in [-0.15, -0.1) is 5.10 Å². The molecule has 16 heteroatoms. The van der Waals surface area contributed by atoms with Gasteiger partial charge in [0.1, 0.15) is 16.7 Å². The molecule has 2 aromatic carbocycles. The molecule has 2 aromatic heterocycles. The van der Waals surface area contributed by atoms with Crippen molar-refractivity contribution in [2.24, 2.45) is 0 Å². The molecule has 3 heterocycles. The summed E-state index contributed by atoms with van der Waals surface area (Å²) in [5, 5.41) is 12.7. The molecule has 1 saturated heterocycles. The van der Waals surface area contributed by atoms with Crippen LogP contribution in [0.2, 0.25) is 5.02 Å². The molecule has 0 amide bonds. The van der Waals surface area contributed by atoms with E-state index in [2.05, 4.69) is 15.1 Å². The fourth-order valence-electron chi connectivity index (χ4n) is 4.66. The third-order valence-corrected chi connectivity index (χ3v) is 8.26. The van der Waals surface area contributed by atoms with Crippen LogP contribution in [0, 0.1) is 5.82 Å². The Morgan fingerprint density at radius 3 is 2.55 bits per heavy atom. The first-order valence-corrected chi connectivity index (χ1v) is 14.0. The van der Waals surface area contributed by atoms with Crippen molar-refractivity contribution in [3.63, 3.8) is 0 Å². The largest absolute Gasteiger partial charge is 0.504 e. The van der Waals surface area contributed by atoms with Crippen LogP contribution in [0.25, 0.3) is 16.7 Å². The van der Waals surface area contributed by atoms with E-state index in [1.165, 1.54) is 10.5 Å². The molecule has 1 aliphatic rings. The number of piperazine rings is 1. The molecule has 0 bridgehead atoms. The second-order valence-electron chi connectivity index (χ2n) is 9.28. The van der Waals surface area contributed by atoms with Gasteiger partial charge in [0.25, 0.3) is 0 Å². The maximum atomic E-state index is 14.9. The van der Waals surface area contributed by atoms with E-state index < -0.39 is 44.0 Å². The van der Waals surface area contributed by atoms with Gasteiger partial charge in [-0.05, 0) is 18.1 Å².